The molecule has 602 valence electrons. The molecule has 0 radical (unpaired) electrons. The van der Waals surface area contributed by atoms with Crippen molar-refractivity contribution < 1.29 is 47.8 Å². The predicted octanol–water partition coefficient (Wildman–Crippen LogP) is 16.7. The maximum Gasteiger partial charge on any atom is 0.411 e. The van der Waals surface area contributed by atoms with Crippen molar-refractivity contribution in [3.63, 3.8) is 0 Å². The number of carbonyl (C=O) groups excluding carboxylic acids is 8. The van der Waals surface area contributed by atoms with Crippen LogP contribution in [0.2, 0.25) is 10.0 Å². The number of rotatable bonds is 22. The molecule has 6 heterocycles. The van der Waals surface area contributed by atoms with Gasteiger partial charge in [-0.05, 0) is 177 Å². The molecule has 0 spiro atoms. The number of benzene rings is 5. The van der Waals surface area contributed by atoms with Crippen molar-refractivity contribution in [2.75, 3.05) is 91.2 Å². The number of piperazine rings is 3. The van der Waals surface area contributed by atoms with E-state index in [1.807, 2.05) is 138 Å². The van der Waals surface area contributed by atoms with Gasteiger partial charge in [-0.1, -0.05) is 118 Å². The normalized spacial score (nSPS) is 16.3. The molecular formula is C82H97Cl7N10O10S3. The van der Waals surface area contributed by atoms with Crippen molar-refractivity contribution in [3.8, 4) is 11.5 Å². The Morgan fingerprint density at radius 1 is 0.500 bits per heavy atom. The minimum atomic E-state index is -1.08. The molecule has 0 saturated carbocycles. The minimum absolute atomic E-state index is 0. The molecule has 8 aromatic rings. The Kier molecular flexibility index (Phi) is 35.4. The number of halogens is 7. The standard InChI is InChI=1S/C38H41ClN4O6S.2C22H27Cl2N3O2S.2ClH/c1-26-22-29(48-28-14-9-6-10-15-28)17-18-30(26)43(33(44)23-39)34(32-16-11-21-50-32)36(46)41-19-20-42(37(47)49-38(2,3)4)31(25-41)35(45)40-24-27-12-7-5-8-13-27;2*1-14(2)17-13-26(9-8-25-17)22(29)21(19-5-4-10-30-19)27(20(28)12-23)18-7-6-16(24)11-15(18)3;;/h5-18,21-22,31,34H,19-20,23-25H2,1-4H3,(H,40,45);2*4-7,10-11,14,17,21,25H,8-9,12-13H2,1-3H3;2*1H/t31-,34-;17-,21+;17-,21-;;/m111../s1. The number of nitrogens with zero attached hydrogens (tertiary/aromatic N) is 7. The number of ether oxygens (including phenoxy) is 2. The molecule has 112 heavy (non-hydrogen) atoms. The maximum absolute atomic E-state index is 14.7. The van der Waals surface area contributed by atoms with Crippen molar-refractivity contribution in [2.24, 2.45) is 11.8 Å². The van der Waals surface area contributed by atoms with E-state index >= 15 is 0 Å². The summed E-state index contributed by atoms with van der Waals surface area (Å²) in [5.74, 6) is -0.867. The van der Waals surface area contributed by atoms with Crippen LogP contribution in [-0.4, -0.2) is 167 Å². The zero-order valence-corrected chi connectivity index (χ0v) is 72.0. The summed E-state index contributed by atoms with van der Waals surface area (Å²) in [6, 6.07) is 42.6. The van der Waals surface area contributed by atoms with Gasteiger partial charge < -0.3 is 40.1 Å². The quantitative estimate of drug-likeness (QED) is 0.0541. The number of nitrogens with one attached hydrogen (secondary N) is 3. The largest absolute Gasteiger partial charge is 0.457 e. The first-order valence-corrected chi connectivity index (χ1v) is 41.4. The highest BCUT2D eigenvalue weighted by atomic mass is 35.5. The van der Waals surface area contributed by atoms with Crippen molar-refractivity contribution in [2.45, 2.75) is 118 Å². The topological polar surface area (TPSA) is 214 Å². The molecule has 0 aliphatic carbocycles. The smallest absolute Gasteiger partial charge is 0.411 e. The van der Waals surface area contributed by atoms with E-state index in [0.29, 0.717) is 87.1 Å². The lowest BCUT2D eigenvalue weighted by atomic mass is 10.0. The number of thiophene rings is 3. The number of hydrogen-bond donors (Lipinski definition) is 3. The Bertz CT molecular complexity index is 4270. The van der Waals surface area contributed by atoms with Gasteiger partial charge in [0.05, 0.1) is 6.54 Å². The first-order chi connectivity index (χ1) is 52.6. The summed E-state index contributed by atoms with van der Waals surface area (Å²) < 4.78 is 11.7. The van der Waals surface area contributed by atoms with E-state index in [-0.39, 0.29) is 104 Å². The third-order valence-electron chi connectivity index (χ3n) is 18.9. The molecule has 0 unspecified atom stereocenters. The summed E-state index contributed by atoms with van der Waals surface area (Å²) in [5, 5.41) is 16.7. The second-order valence-corrected chi connectivity index (χ2v) is 33.1. The van der Waals surface area contributed by atoms with Crippen LogP contribution in [0.5, 0.6) is 11.5 Å². The van der Waals surface area contributed by atoms with Gasteiger partial charge >= 0.3 is 6.09 Å². The molecule has 0 bridgehead atoms. The van der Waals surface area contributed by atoms with E-state index in [1.165, 1.54) is 48.7 Å². The molecule has 3 aromatic heterocycles. The first kappa shape index (κ1) is 91.7. The average molecular weight is 1730 g/mol. The summed E-state index contributed by atoms with van der Waals surface area (Å²) in [4.78, 5) is 123. The first-order valence-electron chi connectivity index (χ1n) is 36.4. The highest BCUT2D eigenvalue weighted by Gasteiger charge is 2.45. The lowest BCUT2D eigenvalue weighted by molar-refractivity contribution is -0.140. The second-order valence-electron chi connectivity index (χ2n) is 28.5. The van der Waals surface area contributed by atoms with Gasteiger partial charge in [0.15, 0.2) is 0 Å². The number of carbonyl (C=O) groups is 8. The molecule has 3 saturated heterocycles. The number of anilines is 3. The van der Waals surface area contributed by atoms with Gasteiger partial charge in [0.1, 0.15) is 58.9 Å². The maximum atomic E-state index is 14.7. The van der Waals surface area contributed by atoms with Crippen molar-refractivity contribution >= 4 is 181 Å². The molecule has 3 N–H and O–H groups in total. The highest BCUT2D eigenvalue weighted by Crippen LogP contribution is 2.40. The fraction of sp³-hybridized carbons (Fsp3) is 0.390. The molecule has 6 atom stereocenters. The summed E-state index contributed by atoms with van der Waals surface area (Å²) >= 11 is 34.7. The Morgan fingerprint density at radius 2 is 0.893 bits per heavy atom. The molecule has 11 rings (SSSR count). The van der Waals surface area contributed by atoms with Gasteiger partial charge in [-0.3, -0.25) is 53.2 Å². The monoisotopic (exact) mass is 1720 g/mol. The van der Waals surface area contributed by atoms with Crippen LogP contribution in [0, 0.1) is 32.6 Å². The van der Waals surface area contributed by atoms with Crippen LogP contribution in [-0.2, 0) is 44.8 Å². The van der Waals surface area contributed by atoms with Crippen molar-refractivity contribution in [1.29, 1.82) is 0 Å². The van der Waals surface area contributed by atoms with Gasteiger partial charge in [-0.2, -0.15) is 0 Å². The van der Waals surface area contributed by atoms with Gasteiger partial charge in [0, 0.05) is 113 Å². The molecular weight excluding hydrogens is 1630 g/mol. The number of alkyl halides is 3. The van der Waals surface area contributed by atoms with Crippen LogP contribution in [0.4, 0.5) is 21.9 Å². The molecule has 30 heteroatoms. The van der Waals surface area contributed by atoms with E-state index in [0.717, 1.165) is 39.5 Å². The summed E-state index contributed by atoms with van der Waals surface area (Å²) in [5.41, 5.74) is 4.20. The molecule has 3 aliphatic heterocycles. The fourth-order valence-electron chi connectivity index (χ4n) is 13.2. The van der Waals surface area contributed by atoms with Crippen molar-refractivity contribution in [3.05, 3.63) is 215 Å². The van der Waals surface area contributed by atoms with E-state index in [1.54, 1.807) is 91.2 Å². The lowest BCUT2D eigenvalue weighted by Crippen LogP contribution is -2.63. The molecule has 3 aliphatic rings. The second kappa shape index (κ2) is 43.3. The molecule has 8 amide bonds. The Balaban J connectivity index is 0.000000244. The van der Waals surface area contributed by atoms with Crippen LogP contribution in [0.25, 0.3) is 0 Å². The Morgan fingerprint density at radius 3 is 1.26 bits per heavy atom. The van der Waals surface area contributed by atoms with E-state index in [4.69, 9.17) is 67.5 Å². The number of hydrogen-bond acceptors (Lipinski definition) is 15. The zero-order chi connectivity index (χ0) is 79.5. The van der Waals surface area contributed by atoms with Crippen LogP contribution < -0.4 is 35.4 Å². The third kappa shape index (κ3) is 24.1. The van der Waals surface area contributed by atoms with Gasteiger partial charge in [0.25, 0.3) is 17.7 Å². The summed E-state index contributed by atoms with van der Waals surface area (Å²) in [7, 11) is 0. The number of amides is 8. The molecule has 3 fully saturated rings. The third-order valence-corrected chi connectivity index (χ3v) is 22.8. The Labute approximate surface area is 706 Å². The number of para-hydroxylation sites is 1. The van der Waals surface area contributed by atoms with Crippen LogP contribution >= 0.6 is 117 Å². The summed E-state index contributed by atoms with van der Waals surface area (Å²) in [6.45, 7) is 23.6. The van der Waals surface area contributed by atoms with Gasteiger partial charge in [-0.15, -0.1) is 93.6 Å². The SMILES string of the molecule is Cc1cc(Cl)ccc1N(C(=O)CCl)[C@@H](C(=O)N1CCN[C@@H](C(C)C)C1)c1cccs1.Cc1cc(Cl)ccc1N(C(=O)CCl)[C@H](C(=O)N1CCN[C@@H](C(C)C)C1)c1cccs1.Cc1cc(Oc2ccccc2)ccc1N(C(=O)CCl)[C@@H](C(=O)N1CCN(C(=O)OC(C)(C)C)[C@@H](C(=O)NCc2ccccc2)C1)c1cccs1.Cl.Cl. The minimum Gasteiger partial charge on any atom is -0.457 e. The molecule has 20 nitrogen and oxygen atoms in total. The van der Waals surface area contributed by atoms with Crippen LogP contribution in [0.3, 0.4) is 0 Å². The fourth-order valence-corrected chi connectivity index (χ4v) is 16.5. The van der Waals surface area contributed by atoms with Gasteiger partial charge in [0.2, 0.25) is 23.6 Å². The molecule has 5 aromatic carbocycles. The Hall–Kier alpha value is -7.49. The van der Waals surface area contributed by atoms with Crippen LogP contribution in [0.15, 0.2) is 168 Å². The predicted molar refractivity (Wildman–Crippen MR) is 458 cm³/mol. The summed E-state index contributed by atoms with van der Waals surface area (Å²) in [6.07, 6.45) is -0.647. The zero-order valence-electron chi connectivity index (χ0n) is 64.1. The highest BCUT2D eigenvalue weighted by molar-refractivity contribution is 7.10. The van der Waals surface area contributed by atoms with Crippen LogP contribution in [0.1, 0.15) is 103 Å². The van der Waals surface area contributed by atoms with Crippen molar-refractivity contribution in [1.82, 2.24) is 35.6 Å². The van der Waals surface area contributed by atoms with E-state index in [2.05, 4.69) is 43.6 Å². The average Bonchev–Trinajstić information content (AvgIpc) is 1.16. The van der Waals surface area contributed by atoms with E-state index < -0.39 is 53.6 Å². The van der Waals surface area contributed by atoms with E-state index in [9.17, 15) is 38.4 Å². The lowest BCUT2D eigenvalue weighted by Gasteiger charge is -2.43. The van der Waals surface area contributed by atoms with Gasteiger partial charge in [-0.25, -0.2) is 4.79 Å². The number of aryl methyl sites for hydroxylation is 3.